The number of rotatable bonds is 6. The molecule has 7 nitrogen and oxygen atoms in total. The second-order valence-electron chi connectivity index (χ2n) is 9.36. The molecular weight excluding hydrogens is 434 g/mol. The Balaban J connectivity index is 1.55. The van der Waals surface area contributed by atoms with E-state index in [0.29, 0.717) is 5.56 Å². The number of ketones is 1. The molecule has 4 aromatic carbocycles. The van der Waals surface area contributed by atoms with E-state index in [1.54, 1.807) is 26.8 Å². The van der Waals surface area contributed by atoms with Crippen molar-refractivity contribution in [3.8, 4) is 0 Å². The van der Waals surface area contributed by atoms with Crippen molar-refractivity contribution < 1.29 is 29.0 Å². The van der Waals surface area contributed by atoms with Gasteiger partial charge in [-0.15, -0.1) is 0 Å². The molecule has 1 amide bonds. The van der Waals surface area contributed by atoms with E-state index >= 15 is 0 Å². The number of carbonyl (C=O) groups excluding carboxylic acids is 3. The van der Waals surface area contributed by atoms with Crippen molar-refractivity contribution >= 4 is 50.2 Å². The van der Waals surface area contributed by atoms with E-state index in [2.05, 4.69) is 11.4 Å². The lowest BCUT2D eigenvalue weighted by Crippen LogP contribution is -2.50. The lowest BCUT2D eigenvalue weighted by molar-refractivity contribution is -0.147. The normalized spacial score (nSPS) is 13.7. The Bertz CT molecular complexity index is 1370. The molecule has 0 unspecified atom stereocenters. The third-order valence-electron chi connectivity index (χ3n) is 5.58. The average molecular weight is 462 g/mol. The lowest BCUT2D eigenvalue weighted by atomic mass is 9.91. The Hall–Kier alpha value is -3.71. The summed E-state index contributed by atoms with van der Waals surface area (Å²) in [7, 11) is 0. The molecule has 4 rings (SSSR count). The molecule has 0 spiro atoms. The summed E-state index contributed by atoms with van der Waals surface area (Å²) in [4.78, 5) is 37.6. The summed E-state index contributed by atoms with van der Waals surface area (Å²) in [5, 5.41) is 18.3. The first-order chi connectivity index (χ1) is 16.0. The summed E-state index contributed by atoms with van der Waals surface area (Å²) in [6.45, 7) is 5.85. The minimum Gasteiger partial charge on any atom is -0.456 e. The van der Waals surface area contributed by atoms with Crippen molar-refractivity contribution in [2.45, 2.75) is 45.4 Å². The lowest BCUT2D eigenvalue weighted by Gasteiger charge is -2.24. The van der Waals surface area contributed by atoms with Gasteiger partial charge in [-0.25, -0.2) is 9.59 Å². The first kappa shape index (κ1) is 23.4. The van der Waals surface area contributed by atoms with Gasteiger partial charge in [-0.2, -0.15) is 0 Å². The van der Waals surface area contributed by atoms with Crippen LogP contribution in [0.15, 0.2) is 54.6 Å². The van der Waals surface area contributed by atoms with Crippen molar-refractivity contribution in [2.24, 2.45) is 0 Å². The highest BCUT2D eigenvalue weighted by Gasteiger charge is 2.30. The minimum absolute atomic E-state index is 0.382. The SMILES string of the molecule is C[C@H](O)[C@H](NC(=O)OC(C)(C)C)C(=O)OCC(=O)c1ccc2ccc3cccc4ccc1c2c34. The molecule has 34 heavy (non-hydrogen) atoms. The maximum Gasteiger partial charge on any atom is 0.408 e. The quantitative estimate of drug-likeness (QED) is 0.248. The number of aliphatic hydroxyl groups is 1. The van der Waals surface area contributed by atoms with Gasteiger partial charge in [0.1, 0.15) is 5.60 Å². The van der Waals surface area contributed by atoms with Gasteiger partial charge in [-0.3, -0.25) is 4.79 Å². The smallest absolute Gasteiger partial charge is 0.408 e. The van der Waals surface area contributed by atoms with Crippen LogP contribution in [-0.4, -0.2) is 47.3 Å². The van der Waals surface area contributed by atoms with Crippen LogP contribution in [0, 0.1) is 0 Å². The van der Waals surface area contributed by atoms with Gasteiger partial charge in [0.2, 0.25) is 5.78 Å². The second-order valence-corrected chi connectivity index (χ2v) is 9.36. The average Bonchev–Trinajstić information content (AvgIpc) is 2.77. The van der Waals surface area contributed by atoms with Crippen molar-refractivity contribution in [2.75, 3.05) is 6.61 Å². The molecule has 0 aliphatic heterocycles. The van der Waals surface area contributed by atoms with E-state index < -0.39 is 36.4 Å². The van der Waals surface area contributed by atoms with E-state index in [9.17, 15) is 19.5 Å². The van der Waals surface area contributed by atoms with Gasteiger partial charge in [-0.1, -0.05) is 54.6 Å². The number of aliphatic hydroxyl groups excluding tert-OH is 1. The first-order valence-corrected chi connectivity index (χ1v) is 11.1. The first-order valence-electron chi connectivity index (χ1n) is 11.1. The monoisotopic (exact) mass is 461 g/mol. The number of amides is 1. The fourth-order valence-corrected chi connectivity index (χ4v) is 4.09. The molecule has 0 bridgehead atoms. The predicted octanol–water partition coefficient (Wildman–Crippen LogP) is 4.58. The highest BCUT2D eigenvalue weighted by atomic mass is 16.6. The molecule has 2 N–H and O–H groups in total. The number of nitrogens with one attached hydrogen (secondary N) is 1. The molecule has 0 radical (unpaired) electrons. The largest absolute Gasteiger partial charge is 0.456 e. The van der Waals surface area contributed by atoms with Crippen molar-refractivity contribution in [1.82, 2.24) is 5.32 Å². The molecule has 0 aliphatic rings. The zero-order chi connectivity index (χ0) is 24.6. The summed E-state index contributed by atoms with van der Waals surface area (Å²) in [6.07, 6.45) is -2.11. The number of Topliss-reactive ketones (excluding diaryl/α,β-unsaturated/α-hetero) is 1. The highest BCUT2D eigenvalue weighted by molar-refractivity contribution is 6.26. The van der Waals surface area contributed by atoms with Crippen LogP contribution in [0.4, 0.5) is 4.79 Å². The van der Waals surface area contributed by atoms with Crippen LogP contribution in [0.5, 0.6) is 0 Å². The third kappa shape index (κ3) is 4.65. The van der Waals surface area contributed by atoms with Crippen LogP contribution in [0.1, 0.15) is 38.1 Å². The van der Waals surface area contributed by atoms with Gasteiger partial charge in [0.05, 0.1) is 6.10 Å². The van der Waals surface area contributed by atoms with Crippen LogP contribution in [0.3, 0.4) is 0 Å². The van der Waals surface area contributed by atoms with Gasteiger partial charge in [0.15, 0.2) is 12.6 Å². The summed E-state index contributed by atoms with van der Waals surface area (Å²) in [6, 6.07) is 16.3. The molecule has 7 heteroatoms. The van der Waals surface area contributed by atoms with Crippen molar-refractivity contribution in [3.63, 3.8) is 0 Å². The van der Waals surface area contributed by atoms with Gasteiger partial charge >= 0.3 is 12.1 Å². The van der Waals surface area contributed by atoms with Crippen LogP contribution in [0.25, 0.3) is 32.3 Å². The summed E-state index contributed by atoms with van der Waals surface area (Å²) in [5.74, 6) is -1.31. The molecule has 0 saturated heterocycles. The van der Waals surface area contributed by atoms with Crippen molar-refractivity contribution in [3.05, 3.63) is 60.2 Å². The Morgan fingerprint density at radius 2 is 1.50 bits per heavy atom. The topological polar surface area (TPSA) is 102 Å². The number of hydrogen-bond acceptors (Lipinski definition) is 6. The van der Waals surface area contributed by atoms with Crippen LogP contribution in [-0.2, 0) is 14.3 Å². The standard InChI is InChI=1S/C27H27NO6/c1-15(29)24(28-26(32)34-27(2,3)4)25(31)33-14-21(30)19-12-10-18-9-8-16-6-5-7-17-11-13-20(19)23(18)22(16)17/h5-13,15,24,29H,14H2,1-4H3,(H,28,32)/t15-,24-/m0/s1. The molecule has 0 fully saturated rings. The molecular formula is C27H27NO6. The van der Waals surface area contributed by atoms with Gasteiger partial charge < -0.3 is 19.9 Å². The Kier molecular flexibility index (Phi) is 6.15. The molecule has 0 aliphatic carbocycles. The van der Waals surface area contributed by atoms with E-state index in [0.717, 1.165) is 32.3 Å². The molecule has 0 saturated carbocycles. The number of esters is 1. The van der Waals surface area contributed by atoms with Gasteiger partial charge in [0.25, 0.3) is 0 Å². The zero-order valence-corrected chi connectivity index (χ0v) is 19.5. The molecule has 0 heterocycles. The van der Waals surface area contributed by atoms with Crippen LogP contribution < -0.4 is 5.32 Å². The van der Waals surface area contributed by atoms with Crippen LogP contribution in [0.2, 0.25) is 0 Å². The van der Waals surface area contributed by atoms with Crippen molar-refractivity contribution in [1.29, 1.82) is 0 Å². The number of alkyl carbamates (subject to hydrolysis) is 1. The zero-order valence-electron chi connectivity index (χ0n) is 19.5. The highest BCUT2D eigenvalue weighted by Crippen LogP contribution is 2.36. The van der Waals surface area contributed by atoms with E-state index in [4.69, 9.17) is 9.47 Å². The Labute approximate surface area is 197 Å². The summed E-state index contributed by atoms with van der Waals surface area (Å²) < 4.78 is 10.3. The summed E-state index contributed by atoms with van der Waals surface area (Å²) in [5.41, 5.74) is -0.338. The maximum atomic E-state index is 13.0. The summed E-state index contributed by atoms with van der Waals surface area (Å²) >= 11 is 0. The molecule has 4 aromatic rings. The predicted molar refractivity (Wildman–Crippen MR) is 130 cm³/mol. The van der Waals surface area contributed by atoms with Crippen LogP contribution >= 0.6 is 0 Å². The molecule has 0 aromatic heterocycles. The molecule has 2 atom stereocenters. The number of carbonyl (C=O) groups is 3. The van der Waals surface area contributed by atoms with E-state index in [1.165, 1.54) is 6.92 Å². The molecule has 176 valence electrons. The van der Waals surface area contributed by atoms with Gasteiger partial charge in [-0.05, 0) is 60.0 Å². The fourth-order valence-electron chi connectivity index (χ4n) is 4.09. The fraction of sp³-hybridized carbons (Fsp3) is 0.296. The maximum absolute atomic E-state index is 13.0. The van der Waals surface area contributed by atoms with E-state index in [-0.39, 0.29) is 5.78 Å². The number of hydrogen-bond donors (Lipinski definition) is 2. The number of benzene rings is 4. The van der Waals surface area contributed by atoms with E-state index in [1.807, 2.05) is 42.5 Å². The third-order valence-corrected chi connectivity index (χ3v) is 5.58. The van der Waals surface area contributed by atoms with Gasteiger partial charge in [0, 0.05) is 5.56 Å². The Morgan fingerprint density at radius 3 is 2.12 bits per heavy atom. The minimum atomic E-state index is -1.37. The number of ether oxygens (including phenoxy) is 2. The second kappa shape index (κ2) is 8.91. The Morgan fingerprint density at radius 1 is 0.912 bits per heavy atom.